The number of carbonyl (C=O) groups excluding carboxylic acids is 3. The molecule has 0 bridgehead atoms. The Morgan fingerprint density at radius 1 is 0.914 bits per heavy atom. The van der Waals surface area contributed by atoms with E-state index in [9.17, 15) is 23.2 Å². The van der Waals surface area contributed by atoms with E-state index in [0.717, 1.165) is 17.0 Å². The molecule has 4 rings (SSSR count). The molecule has 7 nitrogen and oxygen atoms in total. The minimum absolute atomic E-state index is 0.0104. The molecule has 1 N–H and O–H groups in total. The van der Waals surface area contributed by atoms with E-state index in [1.54, 1.807) is 24.3 Å². The minimum Gasteiger partial charge on any atom is -0.494 e. The molecule has 0 saturated carbocycles. The largest absolute Gasteiger partial charge is 0.494 e. The van der Waals surface area contributed by atoms with Gasteiger partial charge in [-0.25, -0.2) is 18.5 Å². The Morgan fingerprint density at radius 3 is 2.11 bits per heavy atom. The van der Waals surface area contributed by atoms with E-state index >= 15 is 0 Å². The summed E-state index contributed by atoms with van der Waals surface area (Å²) in [6.45, 7) is 2.37. The van der Waals surface area contributed by atoms with E-state index in [1.165, 1.54) is 41.3 Å². The summed E-state index contributed by atoms with van der Waals surface area (Å²) >= 11 is 0. The van der Waals surface area contributed by atoms with Gasteiger partial charge in [0, 0.05) is 12.2 Å². The number of benzene rings is 3. The molecule has 180 valence electrons. The lowest BCUT2D eigenvalue weighted by Crippen LogP contribution is -2.37. The second-order valence-corrected chi connectivity index (χ2v) is 7.91. The molecule has 0 aliphatic carbocycles. The van der Waals surface area contributed by atoms with Gasteiger partial charge in [0.15, 0.2) is 0 Å². The predicted molar refractivity (Wildman–Crippen MR) is 126 cm³/mol. The van der Waals surface area contributed by atoms with Crippen LogP contribution in [-0.2, 0) is 16.1 Å². The zero-order valence-corrected chi connectivity index (χ0v) is 18.9. The molecule has 0 radical (unpaired) electrons. The molecule has 1 saturated heterocycles. The van der Waals surface area contributed by atoms with Gasteiger partial charge in [-0.15, -0.1) is 0 Å². The summed E-state index contributed by atoms with van der Waals surface area (Å²) in [4.78, 5) is 41.5. The Labute approximate surface area is 200 Å². The number of nitrogens with one attached hydrogen (secondary N) is 1. The first-order valence-electron chi connectivity index (χ1n) is 11.0. The molecule has 4 amide bonds. The Kier molecular flexibility index (Phi) is 7.05. The summed E-state index contributed by atoms with van der Waals surface area (Å²) in [7, 11) is 0. The molecule has 0 aromatic heterocycles. The van der Waals surface area contributed by atoms with Crippen LogP contribution in [0, 0.1) is 11.6 Å². The van der Waals surface area contributed by atoms with Gasteiger partial charge in [-0.3, -0.25) is 9.59 Å². The van der Waals surface area contributed by atoms with Crippen molar-refractivity contribution >= 4 is 29.2 Å². The van der Waals surface area contributed by atoms with Crippen molar-refractivity contribution in [3.63, 3.8) is 0 Å². The minimum atomic E-state index is -1.10. The molecule has 1 aliphatic rings. The Morgan fingerprint density at radius 2 is 1.51 bits per heavy atom. The van der Waals surface area contributed by atoms with Crippen molar-refractivity contribution in [3.8, 4) is 5.75 Å². The summed E-state index contributed by atoms with van der Waals surface area (Å²) in [6.07, 6.45) is -0.295. The van der Waals surface area contributed by atoms with E-state index in [0.29, 0.717) is 23.6 Å². The quantitative estimate of drug-likeness (QED) is 0.474. The number of amides is 4. The highest BCUT2D eigenvalue weighted by Crippen LogP contribution is 2.29. The maximum Gasteiger partial charge on any atom is 0.332 e. The molecule has 0 spiro atoms. The molecule has 1 heterocycles. The molecular formula is C26H23F2N3O4. The van der Waals surface area contributed by atoms with Gasteiger partial charge in [-0.1, -0.05) is 12.1 Å². The van der Waals surface area contributed by atoms with Crippen molar-refractivity contribution < 1.29 is 27.9 Å². The van der Waals surface area contributed by atoms with Gasteiger partial charge < -0.3 is 15.0 Å². The molecule has 9 heteroatoms. The maximum absolute atomic E-state index is 13.4. The van der Waals surface area contributed by atoms with E-state index in [4.69, 9.17) is 4.74 Å². The van der Waals surface area contributed by atoms with Crippen molar-refractivity contribution in [1.29, 1.82) is 0 Å². The SMILES string of the molecule is CCOc1ccc(NC(=O)C[C@H]2C(=O)N(c3ccc(F)cc3)C(=O)N2Cc2ccc(F)cc2)cc1. The summed E-state index contributed by atoms with van der Waals surface area (Å²) in [5, 5.41) is 2.73. The third-order valence-electron chi connectivity index (χ3n) is 5.50. The lowest BCUT2D eigenvalue weighted by Gasteiger charge is -2.21. The summed E-state index contributed by atoms with van der Waals surface area (Å²) in [5.41, 5.74) is 1.29. The van der Waals surface area contributed by atoms with Crippen LogP contribution in [0.4, 0.5) is 25.0 Å². The van der Waals surface area contributed by atoms with E-state index in [1.807, 2.05) is 6.92 Å². The van der Waals surface area contributed by atoms with Crippen LogP contribution in [-0.4, -0.2) is 35.4 Å². The highest BCUT2D eigenvalue weighted by Gasteiger charge is 2.46. The summed E-state index contributed by atoms with van der Waals surface area (Å²) < 4.78 is 32.1. The first-order valence-corrected chi connectivity index (χ1v) is 11.0. The number of carbonyl (C=O) groups is 3. The number of hydrogen-bond acceptors (Lipinski definition) is 4. The number of urea groups is 1. The highest BCUT2D eigenvalue weighted by molar-refractivity contribution is 6.22. The number of nitrogens with zero attached hydrogens (tertiary/aromatic N) is 2. The van der Waals surface area contributed by atoms with Gasteiger partial charge in [-0.05, 0) is 73.2 Å². The molecule has 1 atom stereocenters. The smallest absolute Gasteiger partial charge is 0.332 e. The van der Waals surface area contributed by atoms with Crippen LogP contribution < -0.4 is 15.0 Å². The molecule has 0 unspecified atom stereocenters. The van der Waals surface area contributed by atoms with Crippen LogP contribution in [0.1, 0.15) is 18.9 Å². The fraction of sp³-hybridized carbons (Fsp3) is 0.192. The Hall–Kier alpha value is -4.27. The number of rotatable bonds is 8. The van der Waals surface area contributed by atoms with Gasteiger partial charge in [-0.2, -0.15) is 0 Å². The van der Waals surface area contributed by atoms with Crippen molar-refractivity contribution in [2.75, 3.05) is 16.8 Å². The second kappa shape index (κ2) is 10.3. The average molecular weight is 479 g/mol. The van der Waals surface area contributed by atoms with Crippen molar-refractivity contribution in [2.24, 2.45) is 0 Å². The van der Waals surface area contributed by atoms with Crippen LogP contribution in [0.25, 0.3) is 0 Å². The fourth-order valence-electron chi connectivity index (χ4n) is 3.82. The number of ether oxygens (including phenoxy) is 1. The van der Waals surface area contributed by atoms with Crippen LogP contribution in [0.2, 0.25) is 0 Å². The van der Waals surface area contributed by atoms with Crippen LogP contribution >= 0.6 is 0 Å². The average Bonchev–Trinajstić information content (AvgIpc) is 3.06. The third-order valence-corrected chi connectivity index (χ3v) is 5.50. The third kappa shape index (κ3) is 5.46. The lowest BCUT2D eigenvalue weighted by atomic mass is 10.1. The zero-order chi connectivity index (χ0) is 24.9. The van der Waals surface area contributed by atoms with Crippen molar-refractivity contribution in [1.82, 2.24) is 4.90 Å². The predicted octanol–water partition coefficient (Wildman–Crippen LogP) is 4.73. The van der Waals surface area contributed by atoms with Crippen molar-refractivity contribution in [2.45, 2.75) is 25.9 Å². The Bertz CT molecular complexity index is 1210. The highest BCUT2D eigenvalue weighted by atomic mass is 19.1. The van der Waals surface area contributed by atoms with E-state index < -0.39 is 35.5 Å². The van der Waals surface area contributed by atoms with Gasteiger partial charge in [0.2, 0.25) is 5.91 Å². The molecule has 3 aromatic rings. The van der Waals surface area contributed by atoms with Gasteiger partial charge in [0.25, 0.3) is 5.91 Å². The second-order valence-electron chi connectivity index (χ2n) is 7.91. The Balaban J connectivity index is 1.56. The maximum atomic E-state index is 13.4. The first kappa shape index (κ1) is 23.9. The zero-order valence-electron chi connectivity index (χ0n) is 18.9. The van der Waals surface area contributed by atoms with Crippen LogP contribution in [0.3, 0.4) is 0 Å². The van der Waals surface area contributed by atoms with Crippen LogP contribution in [0.15, 0.2) is 72.8 Å². The molecule has 35 heavy (non-hydrogen) atoms. The molecule has 1 aliphatic heterocycles. The molecular weight excluding hydrogens is 456 g/mol. The molecule has 3 aromatic carbocycles. The number of halogens is 2. The van der Waals surface area contributed by atoms with Gasteiger partial charge >= 0.3 is 6.03 Å². The standard InChI is InChI=1S/C26H23F2N3O4/c1-2-35-22-13-9-20(10-14-22)29-24(32)15-23-25(33)31(21-11-7-19(28)8-12-21)26(34)30(23)16-17-3-5-18(27)6-4-17/h3-14,23H,2,15-16H2,1H3,(H,29,32)/t23-/m0/s1. The topological polar surface area (TPSA) is 79.0 Å². The summed E-state index contributed by atoms with van der Waals surface area (Å²) in [5.74, 6) is -1.36. The summed E-state index contributed by atoms with van der Waals surface area (Å²) in [6, 6.07) is 15.5. The monoisotopic (exact) mass is 479 g/mol. The number of imide groups is 1. The normalized spacial score (nSPS) is 15.5. The van der Waals surface area contributed by atoms with Crippen molar-refractivity contribution in [3.05, 3.63) is 90.0 Å². The number of hydrogen-bond donors (Lipinski definition) is 1. The molecule has 1 fully saturated rings. The fourth-order valence-corrected chi connectivity index (χ4v) is 3.82. The van der Waals surface area contributed by atoms with E-state index in [2.05, 4.69) is 5.32 Å². The van der Waals surface area contributed by atoms with Crippen LogP contribution in [0.5, 0.6) is 5.75 Å². The van der Waals surface area contributed by atoms with E-state index in [-0.39, 0.29) is 18.7 Å². The number of anilines is 2. The van der Waals surface area contributed by atoms with Gasteiger partial charge in [0.05, 0.1) is 18.7 Å². The first-order chi connectivity index (χ1) is 16.9. The lowest BCUT2D eigenvalue weighted by molar-refractivity contribution is -0.124. The van der Waals surface area contributed by atoms with Gasteiger partial charge in [0.1, 0.15) is 23.4 Å².